The lowest BCUT2D eigenvalue weighted by molar-refractivity contribution is 0.0675. The molecule has 1 rings (SSSR count). The Bertz CT molecular complexity index is 277. The second kappa shape index (κ2) is 7.73. The number of hydrogen-bond donors (Lipinski definition) is 1. The van der Waals surface area contributed by atoms with Gasteiger partial charge in [0, 0.05) is 19.7 Å². The van der Waals surface area contributed by atoms with Gasteiger partial charge in [-0.2, -0.15) is 5.26 Å². The fraction of sp³-hybridized carbons (Fsp3) is 0.929. The smallest absolute Gasteiger partial charge is 0.103 e. The summed E-state index contributed by atoms with van der Waals surface area (Å²) in [5, 5.41) is 12.2. The van der Waals surface area contributed by atoms with Crippen LogP contribution in [-0.2, 0) is 4.74 Å². The lowest BCUT2D eigenvalue weighted by Gasteiger charge is -2.23. The summed E-state index contributed by atoms with van der Waals surface area (Å²) in [6.45, 7) is 8.32. The maximum atomic E-state index is 9.07. The maximum Gasteiger partial charge on any atom is 0.103 e. The van der Waals surface area contributed by atoms with E-state index in [0.717, 1.165) is 51.9 Å². The summed E-state index contributed by atoms with van der Waals surface area (Å²) in [5.41, 5.74) is -0.366. The molecule has 0 aromatic carbocycles. The van der Waals surface area contributed by atoms with Gasteiger partial charge in [0.05, 0.1) is 12.2 Å². The highest BCUT2D eigenvalue weighted by Crippen LogP contribution is 2.13. The average molecular weight is 253 g/mol. The van der Waals surface area contributed by atoms with Gasteiger partial charge in [-0.3, -0.25) is 0 Å². The van der Waals surface area contributed by atoms with Gasteiger partial charge in [0.25, 0.3) is 0 Å². The van der Waals surface area contributed by atoms with Gasteiger partial charge in [0.15, 0.2) is 0 Å². The van der Waals surface area contributed by atoms with Crippen LogP contribution in [0.15, 0.2) is 0 Å². The van der Waals surface area contributed by atoms with Crippen molar-refractivity contribution in [3.63, 3.8) is 0 Å². The molecule has 0 saturated carbocycles. The number of nitriles is 1. The lowest BCUT2D eigenvalue weighted by atomic mass is 9.97. The average Bonchev–Trinajstić information content (AvgIpc) is 2.59. The van der Waals surface area contributed by atoms with Crippen LogP contribution in [0.4, 0.5) is 0 Å². The van der Waals surface area contributed by atoms with Gasteiger partial charge < -0.3 is 15.0 Å². The number of nitrogens with one attached hydrogen (secondary N) is 1. The van der Waals surface area contributed by atoms with E-state index in [0.29, 0.717) is 6.10 Å². The van der Waals surface area contributed by atoms with Crippen LogP contribution < -0.4 is 5.32 Å². The Morgan fingerprint density at radius 3 is 2.94 bits per heavy atom. The fourth-order valence-electron chi connectivity index (χ4n) is 2.33. The summed E-state index contributed by atoms with van der Waals surface area (Å²) in [5.74, 6) is 0. The minimum atomic E-state index is -0.366. The lowest BCUT2D eigenvalue weighted by Crippen LogP contribution is -2.38. The van der Waals surface area contributed by atoms with E-state index < -0.39 is 0 Å². The van der Waals surface area contributed by atoms with E-state index in [1.54, 1.807) is 0 Å². The highest BCUT2D eigenvalue weighted by Gasteiger charge is 2.20. The highest BCUT2D eigenvalue weighted by molar-refractivity contribution is 5.02. The Labute approximate surface area is 111 Å². The molecule has 1 aliphatic heterocycles. The van der Waals surface area contributed by atoms with Crippen molar-refractivity contribution in [2.45, 2.75) is 51.2 Å². The Hall–Kier alpha value is -0.630. The molecule has 2 unspecified atom stereocenters. The van der Waals surface area contributed by atoms with Crippen LogP contribution in [0, 0.1) is 11.3 Å². The third-order valence-corrected chi connectivity index (χ3v) is 3.74. The largest absolute Gasteiger partial charge is 0.377 e. The van der Waals surface area contributed by atoms with Crippen molar-refractivity contribution in [3.05, 3.63) is 0 Å². The van der Waals surface area contributed by atoms with Gasteiger partial charge in [0.1, 0.15) is 5.54 Å². The van der Waals surface area contributed by atoms with Crippen molar-refractivity contribution in [1.29, 1.82) is 5.26 Å². The van der Waals surface area contributed by atoms with Crippen LogP contribution in [0.25, 0.3) is 0 Å². The first-order chi connectivity index (χ1) is 8.59. The van der Waals surface area contributed by atoms with Gasteiger partial charge in [-0.1, -0.05) is 0 Å². The van der Waals surface area contributed by atoms with Gasteiger partial charge in [0.2, 0.25) is 0 Å². The molecule has 1 heterocycles. The molecule has 1 saturated heterocycles. The van der Waals surface area contributed by atoms with Crippen molar-refractivity contribution in [2.24, 2.45) is 0 Å². The van der Waals surface area contributed by atoms with E-state index in [1.165, 1.54) is 0 Å². The third-order valence-electron chi connectivity index (χ3n) is 3.74. The molecule has 0 aromatic rings. The summed E-state index contributed by atoms with van der Waals surface area (Å²) >= 11 is 0. The maximum absolute atomic E-state index is 9.07. The molecule has 4 nitrogen and oxygen atoms in total. The first kappa shape index (κ1) is 15.4. The van der Waals surface area contributed by atoms with Gasteiger partial charge in [-0.25, -0.2) is 0 Å². The first-order valence-corrected chi connectivity index (χ1v) is 7.04. The Morgan fingerprint density at radius 1 is 1.50 bits per heavy atom. The monoisotopic (exact) mass is 253 g/mol. The van der Waals surface area contributed by atoms with Crippen molar-refractivity contribution in [2.75, 3.05) is 33.3 Å². The normalized spacial score (nSPS) is 25.1. The molecule has 0 radical (unpaired) electrons. The standard InChI is InChI=1S/C14H27N3O/c1-13-11-17(9-6-10-18-13)8-5-4-7-14(2,12-15)16-3/h13,16H,4-11H2,1-3H3. The number of nitrogens with zero attached hydrogens (tertiary/aromatic N) is 2. The van der Waals surface area contributed by atoms with Crippen LogP contribution in [0.2, 0.25) is 0 Å². The molecule has 0 bridgehead atoms. The molecule has 0 spiro atoms. The topological polar surface area (TPSA) is 48.3 Å². The molecule has 4 heteroatoms. The number of ether oxygens (including phenoxy) is 1. The van der Waals surface area contributed by atoms with E-state index in [9.17, 15) is 0 Å². The summed E-state index contributed by atoms with van der Waals surface area (Å²) in [6, 6.07) is 2.34. The second-order valence-corrected chi connectivity index (χ2v) is 5.49. The molecule has 0 amide bonds. The van der Waals surface area contributed by atoms with Gasteiger partial charge >= 0.3 is 0 Å². The van der Waals surface area contributed by atoms with Crippen molar-refractivity contribution in [1.82, 2.24) is 10.2 Å². The molecular weight excluding hydrogens is 226 g/mol. The van der Waals surface area contributed by atoms with Crippen molar-refractivity contribution < 1.29 is 4.74 Å². The summed E-state index contributed by atoms with van der Waals surface area (Å²) in [4.78, 5) is 2.49. The molecule has 1 aliphatic rings. The fourth-order valence-corrected chi connectivity index (χ4v) is 2.33. The summed E-state index contributed by atoms with van der Waals surface area (Å²) in [6.07, 6.45) is 4.66. The molecular formula is C14H27N3O. The van der Waals surface area contributed by atoms with E-state index in [1.807, 2.05) is 14.0 Å². The number of unbranched alkanes of at least 4 members (excludes halogenated alkanes) is 1. The van der Waals surface area contributed by atoms with E-state index in [2.05, 4.69) is 23.2 Å². The molecule has 0 aliphatic carbocycles. The van der Waals surface area contributed by atoms with Crippen LogP contribution in [0.1, 0.15) is 39.5 Å². The van der Waals surface area contributed by atoms with E-state index in [4.69, 9.17) is 10.00 Å². The van der Waals surface area contributed by atoms with Crippen molar-refractivity contribution in [3.8, 4) is 6.07 Å². The molecule has 1 N–H and O–H groups in total. The predicted octanol–water partition coefficient (Wildman–Crippen LogP) is 1.77. The molecule has 1 fully saturated rings. The highest BCUT2D eigenvalue weighted by atomic mass is 16.5. The van der Waals surface area contributed by atoms with Crippen LogP contribution in [0.5, 0.6) is 0 Å². The quantitative estimate of drug-likeness (QED) is 0.733. The Morgan fingerprint density at radius 2 is 2.28 bits per heavy atom. The Kier molecular flexibility index (Phi) is 6.62. The summed E-state index contributed by atoms with van der Waals surface area (Å²) < 4.78 is 5.63. The minimum Gasteiger partial charge on any atom is -0.377 e. The van der Waals surface area contributed by atoms with Gasteiger partial charge in [-0.15, -0.1) is 0 Å². The second-order valence-electron chi connectivity index (χ2n) is 5.49. The zero-order valence-corrected chi connectivity index (χ0v) is 12.0. The van der Waals surface area contributed by atoms with Crippen molar-refractivity contribution >= 4 is 0 Å². The minimum absolute atomic E-state index is 0.356. The molecule has 2 atom stereocenters. The summed E-state index contributed by atoms with van der Waals surface area (Å²) in [7, 11) is 1.86. The Balaban J connectivity index is 2.19. The number of rotatable bonds is 6. The molecule has 18 heavy (non-hydrogen) atoms. The first-order valence-electron chi connectivity index (χ1n) is 7.04. The van der Waals surface area contributed by atoms with Gasteiger partial charge in [-0.05, 0) is 53.1 Å². The van der Waals surface area contributed by atoms with Crippen LogP contribution in [-0.4, -0.2) is 49.8 Å². The predicted molar refractivity (Wildman–Crippen MR) is 73.4 cm³/mol. The zero-order chi connectivity index (χ0) is 13.4. The third kappa shape index (κ3) is 5.34. The molecule has 0 aromatic heterocycles. The zero-order valence-electron chi connectivity index (χ0n) is 12.0. The SMILES string of the molecule is CNC(C)(C#N)CCCCN1CCCOC(C)C1. The van der Waals surface area contributed by atoms with E-state index >= 15 is 0 Å². The van der Waals surface area contributed by atoms with Crippen LogP contribution >= 0.6 is 0 Å². The number of hydrogen-bond acceptors (Lipinski definition) is 4. The van der Waals surface area contributed by atoms with Crippen LogP contribution in [0.3, 0.4) is 0 Å². The van der Waals surface area contributed by atoms with E-state index in [-0.39, 0.29) is 5.54 Å². The molecule has 104 valence electrons.